The van der Waals surface area contributed by atoms with Gasteiger partial charge in [0.25, 0.3) is 5.91 Å². The van der Waals surface area contributed by atoms with Crippen LogP contribution in [-0.2, 0) is 11.2 Å². The highest BCUT2D eigenvalue weighted by Crippen LogP contribution is 2.40. The van der Waals surface area contributed by atoms with Crippen molar-refractivity contribution in [1.82, 2.24) is 20.3 Å². The number of amides is 1. The number of rotatable bonds is 6. The third kappa shape index (κ3) is 4.04. The van der Waals surface area contributed by atoms with Gasteiger partial charge in [0.1, 0.15) is 0 Å². The Hall–Kier alpha value is -2.01. The van der Waals surface area contributed by atoms with E-state index in [-0.39, 0.29) is 30.8 Å². The number of nitrogens with zero attached hydrogens (tertiary/aromatic N) is 3. The van der Waals surface area contributed by atoms with Crippen LogP contribution in [0.25, 0.3) is 0 Å². The monoisotopic (exact) mass is 496 g/mol. The lowest BCUT2D eigenvalue weighted by Crippen LogP contribution is -2.48. The zero-order valence-corrected chi connectivity index (χ0v) is 17.2. The molecule has 4 rings (SSSR count). The number of hydrogen-bond acceptors (Lipinski definition) is 5. The van der Waals surface area contributed by atoms with Crippen LogP contribution in [0.3, 0.4) is 0 Å². The Morgan fingerprint density at radius 3 is 2.57 bits per heavy atom. The summed E-state index contributed by atoms with van der Waals surface area (Å²) < 4.78 is 2.87. The van der Waals surface area contributed by atoms with Gasteiger partial charge in [0.05, 0.1) is 23.3 Å². The summed E-state index contributed by atoms with van der Waals surface area (Å²) >= 11 is 2.20. The molecule has 28 heavy (non-hydrogen) atoms. The molecule has 1 heterocycles. The summed E-state index contributed by atoms with van der Waals surface area (Å²) in [6.07, 6.45) is 4.20. The molecule has 1 amide bonds. The van der Waals surface area contributed by atoms with E-state index in [9.17, 15) is 14.7 Å². The molecule has 2 saturated carbocycles. The second-order valence-electron chi connectivity index (χ2n) is 7.84. The molecule has 2 fully saturated rings. The summed E-state index contributed by atoms with van der Waals surface area (Å²) in [6, 6.07) is 7.73. The third-order valence-electron chi connectivity index (χ3n) is 5.60. The largest absolute Gasteiger partial charge is 0.481 e. The number of nitrogens with one attached hydrogen (secondary N) is 1. The van der Waals surface area contributed by atoms with Crippen molar-refractivity contribution >= 4 is 34.5 Å². The molecule has 0 aliphatic heterocycles. The van der Waals surface area contributed by atoms with Gasteiger partial charge >= 0.3 is 5.97 Å². The number of carboxylic acids is 1. The fraction of sp³-hybridized carbons (Fsp3) is 0.474. The lowest BCUT2D eigenvalue weighted by molar-refractivity contribution is -0.158. The van der Waals surface area contributed by atoms with E-state index in [0.29, 0.717) is 17.7 Å². The third-order valence-corrected chi connectivity index (χ3v) is 6.32. The van der Waals surface area contributed by atoms with E-state index in [4.69, 9.17) is 5.11 Å². The minimum absolute atomic E-state index is 0.0701. The normalized spacial score (nSPS) is 28.9. The number of halogens is 1. The Labute approximate surface area is 175 Å². The maximum absolute atomic E-state index is 12.3. The van der Waals surface area contributed by atoms with Crippen LogP contribution in [0.5, 0.6) is 0 Å². The van der Waals surface area contributed by atoms with Gasteiger partial charge in [0, 0.05) is 27.8 Å². The number of aromatic nitrogens is 3. The second kappa shape index (κ2) is 7.43. The molecule has 0 radical (unpaired) electrons. The van der Waals surface area contributed by atoms with E-state index < -0.39 is 17.5 Å². The van der Waals surface area contributed by atoms with Crippen molar-refractivity contribution in [3.05, 3.63) is 45.3 Å². The molecular weight excluding hydrogens is 475 g/mol. The predicted octanol–water partition coefficient (Wildman–Crippen LogP) is 1.78. The molecule has 8 nitrogen and oxygen atoms in total. The van der Waals surface area contributed by atoms with Gasteiger partial charge < -0.3 is 15.5 Å². The quantitative estimate of drug-likeness (QED) is 0.525. The van der Waals surface area contributed by atoms with Crippen molar-refractivity contribution in [3.63, 3.8) is 0 Å². The zero-order chi connectivity index (χ0) is 19.9. The van der Waals surface area contributed by atoms with Crippen molar-refractivity contribution in [2.45, 2.75) is 49.8 Å². The van der Waals surface area contributed by atoms with Crippen LogP contribution >= 0.6 is 22.6 Å². The van der Waals surface area contributed by atoms with Gasteiger partial charge in [-0.3, -0.25) is 9.59 Å². The van der Waals surface area contributed by atoms with E-state index in [0.717, 1.165) is 16.4 Å². The van der Waals surface area contributed by atoms with Gasteiger partial charge in [0.2, 0.25) is 0 Å². The number of carbonyl (C=O) groups is 2. The van der Waals surface area contributed by atoms with Crippen LogP contribution in [0, 0.1) is 9.49 Å². The van der Waals surface area contributed by atoms with Crippen LogP contribution in [0.4, 0.5) is 0 Å². The van der Waals surface area contributed by atoms with Crippen molar-refractivity contribution < 1.29 is 19.8 Å². The standard InChI is InChI=1S/C19H21IN4O4/c20-13-3-1-11(2-4-13)17(25)21-14-5-16(6-14)24-10-15(22-23-24)9-19(28)7-12(8-19)18(26)27/h1-4,10,12,14,16,28H,5-9H2,(H,21,25)(H,26,27). The number of hydrogen-bond donors (Lipinski definition) is 3. The first kappa shape index (κ1) is 19.3. The molecule has 2 aliphatic rings. The number of carbonyl (C=O) groups excluding carboxylic acids is 1. The highest BCUT2D eigenvalue weighted by Gasteiger charge is 2.46. The first-order chi connectivity index (χ1) is 13.3. The predicted molar refractivity (Wildman–Crippen MR) is 108 cm³/mol. The molecule has 3 N–H and O–H groups in total. The van der Waals surface area contributed by atoms with Gasteiger partial charge in [-0.15, -0.1) is 5.10 Å². The summed E-state index contributed by atoms with van der Waals surface area (Å²) in [5.74, 6) is -1.40. The fourth-order valence-electron chi connectivity index (χ4n) is 3.88. The first-order valence-electron chi connectivity index (χ1n) is 9.24. The van der Waals surface area contributed by atoms with Crippen molar-refractivity contribution in [2.24, 2.45) is 5.92 Å². The maximum Gasteiger partial charge on any atom is 0.306 e. The highest BCUT2D eigenvalue weighted by molar-refractivity contribution is 14.1. The van der Waals surface area contributed by atoms with Crippen LogP contribution in [0.15, 0.2) is 30.5 Å². The first-order valence-corrected chi connectivity index (χ1v) is 10.3. The Kier molecular flexibility index (Phi) is 5.13. The molecule has 2 aliphatic carbocycles. The van der Waals surface area contributed by atoms with E-state index in [2.05, 4.69) is 38.2 Å². The number of benzene rings is 1. The highest BCUT2D eigenvalue weighted by atomic mass is 127. The zero-order valence-electron chi connectivity index (χ0n) is 15.1. The number of aliphatic hydroxyl groups is 1. The molecule has 0 saturated heterocycles. The topological polar surface area (TPSA) is 117 Å². The molecule has 148 valence electrons. The summed E-state index contributed by atoms with van der Waals surface area (Å²) in [5.41, 5.74) is 0.325. The van der Waals surface area contributed by atoms with E-state index >= 15 is 0 Å². The molecule has 1 aromatic carbocycles. The maximum atomic E-state index is 12.3. The summed E-state index contributed by atoms with van der Waals surface area (Å²) in [6.45, 7) is 0. The van der Waals surface area contributed by atoms with Gasteiger partial charge in [-0.2, -0.15) is 0 Å². The number of carboxylic acid groups (broad SMARTS) is 1. The Morgan fingerprint density at radius 2 is 1.93 bits per heavy atom. The van der Waals surface area contributed by atoms with E-state index in [1.807, 2.05) is 30.5 Å². The van der Waals surface area contributed by atoms with Crippen LogP contribution in [-0.4, -0.2) is 48.7 Å². The van der Waals surface area contributed by atoms with Crippen LogP contribution in [0.2, 0.25) is 0 Å². The molecule has 0 unspecified atom stereocenters. The van der Waals surface area contributed by atoms with E-state index in [1.54, 1.807) is 4.68 Å². The molecular formula is C19H21IN4O4. The molecule has 0 bridgehead atoms. The average molecular weight is 496 g/mol. The average Bonchev–Trinajstić information content (AvgIpc) is 3.03. The van der Waals surface area contributed by atoms with Crippen molar-refractivity contribution in [3.8, 4) is 0 Å². The summed E-state index contributed by atoms with van der Waals surface area (Å²) in [7, 11) is 0. The molecule has 9 heteroatoms. The van der Waals surface area contributed by atoms with Crippen molar-refractivity contribution in [2.75, 3.05) is 0 Å². The van der Waals surface area contributed by atoms with Gasteiger partial charge in [0.15, 0.2) is 0 Å². The Balaban J connectivity index is 1.26. The Morgan fingerprint density at radius 1 is 1.25 bits per heavy atom. The molecule has 0 spiro atoms. The number of aliphatic carboxylic acids is 1. The lowest BCUT2D eigenvalue weighted by atomic mass is 9.69. The molecule has 1 aromatic heterocycles. The van der Waals surface area contributed by atoms with Crippen molar-refractivity contribution in [1.29, 1.82) is 0 Å². The molecule has 0 atom stereocenters. The van der Waals surface area contributed by atoms with Gasteiger partial charge in [-0.1, -0.05) is 5.21 Å². The SMILES string of the molecule is O=C(NC1CC(n2cc(CC3(O)CC(C(=O)O)C3)nn2)C1)c1ccc(I)cc1. The minimum Gasteiger partial charge on any atom is -0.481 e. The second-order valence-corrected chi connectivity index (χ2v) is 9.08. The van der Waals surface area contributed by atoms with Crippen LogP contribution in [0.1, 0.15) is 47.8 Å². The van der Waals surface area contributed by atoms with E-state index in [1.165, 1.54) is 0 Å². The fourth-order valence-corrected chi connectivity index (χ4v) is 4.24. The van der Waals surface area contributed by atoms with Crippen LogP contribution < -0.4 is 5.32 Å². The lowest BCUT2D eigenvalue weighted by Gasteiger charge is -2.41. The summed E-state index contributed by atoms with van der Waals surface area (Å²) in [5, 5.41) is 30.6. The van der Waals surface area contributed by atoms with Gasteiger partial charge in [-0.25, -0.2) is 4.68 Å². The minimum atomic E-state index is -0.993. The summed E-state index contributed by atoms with van der Waals surface area (Å²) in [4.78, 5) is 23.2. The smallest absolute Gasteiger partial charge is 0.306 e. The molecule has 2 aromatic rings. The van der Waals surface area contributed by atoms with Gasteiger partial charge in [-0.05, 0) is 72.5 Å². The Bertz CT molecular complexity index is 886.